The van der Waals surface area contributed by atoms with Crippen LogP contribution in [0, 0.1) is 0 Å². The predicted molar refractivity (Wildman–Crippen MR) is 93.7 cm³/mol. The molecule has 8 heteroatoms. The van der Waals surface area contributed by atoms with Crippen LogP contribution in [-0.4, -0.2) is 60.2 Å². The van der Waals surface area contributed by atoms with Crippen molar-refractivity contribution in [2.24, 2.45) is 0 Å². The number of ether oxygens (including phenoxy) is 2. The number of nitrogens with zero attached hydrogens (tertiary/aromatic N) is 2. The van der Waals surface area contributed by atoms with Crippen LogP contribution in [0.4, 0.5) is 4.79 Å². The van der Waals surface area contributed by atoms with Gasteiger partial charge in [-0.2, -0.15) is 0 Å². The summed E-state index contributed by atoms with van der Waals surface area (Å²) >= 11 is 0. The number of pyridine rings is 1. The minimum Gasteiger partial charge on any atom is -0.452 e. The highest BCUT2D eigenvalue weighted by molar-refractivity contribution is 5.92. The molecule has 2 heterocycles. The van der Waals surface area contributed by atoms with Crippen molar-refractivity contribution in [1.29, 1.82) is 0 Å². The van der Waals surface area contributed by atoms with Gasteiger partial charge in [-0.25, -0.2) is 9.59 Å². The summed E-state index contributed by atoms with van der Waals surface area (Å²) < 4.78 is 10.1. The maximum absolute atomic E-state index is 12.1. The van der Waals surface area contributed by atoms with Gasteiger partial charge in [0.25, 0.3) is 5.91 Å². The second-order valence-electron chi connectivity index (χ2n) is 5.99. The third kappa shape index (κ3) is 5.44. The molecular formula is C18H25N3O5. The van der Waals surface area contributed by atoms with Crippen molar-refractivity contribution in [1.82, 2.24) is 15.2 Å². The van der Waals surface area contributed by atoms with E-state index in [-0.39, 0.29) is 24.6 Å². The molecule has 8 nitrogen and oxygen atoms in total. The van der Waals surface area contributed by atoms with Crippen LogP contribution in [-0.2, 0) is 20.7 Å². The molecule has 1 aromatic heterocycles. The number of amides is 2. The number of hydrogen-bond donors (Lipinski definition) is 1. The molecule has 26 heavy (non-hydrogen) atoms. The van der Waals surface area contributed by atoms with Gasteiger partial charge in [0.15, 0.2) is 6.61 Å². The smallest absolute Gasteiger partial charge is 0.409 e. The van der Waals surface area contributed by atoms with Crippen molar-refractivity contribution >= 4 is 18.0 Å². The van der Waals surface area contributed by atoms with E-state index < -0.39 is 5.97 Å². The molecule has 0 bridgehead atoms. The molecule has 1 aliphatic rings. The largest absolute Gasteiger partial charge is 0.452 e. The van der Waals surface area contributed by atoms with Gasteiger partial charge >= 0.3 is 12.1 Å². The van der Waals surface area contributed by atoms with Crippen molar-refractivity contribution in [3.63, 3.8) is 0 Å². The lowest BCUT2D eigenvalue weighted by molar-refractivity contribution is -0.125. The van der Waals surface area contributed by atoms with Crippen molar-refractivity contribution < 1.29 is 23.9 Å². The summed E-state index contributed by atoms with van der Waals surface area (Å²) in [5.41, 5.74) is 1.21. The highest BCUT2D eigenvalue weighted by Gasteiger charge is 2.25. The Balaban J connectivity index is 1.74. The number of aromatic nitrogens is 1. The monoisotopic (exact) mass is 363 g/mol. The molecule has 1 fully saturated rings. The number of carbonyl (C=O) groups is 3. The molecule has 1 aliphatic heterocycles. The number of carbonyl (C=O) groups excluding carboxylic acids is 3. The number of piperidine rings is 1. The molecular weight excluding hydrogens is 338 g/mol. The average Bonchev–Trinajstić information content (AvgIpc) is 2.66. The fourth-order valence-electron chi connectivity index (χ4n) is 2.81. The molecule has 0 saturated carbocycles. The minimum atomic E-state index is -0.531. The number of hydrogen-bond acceptors (Lipinski definition) is 6. The summed E-state index contributed by atoms with van der Waals surface area (Å²) in [6, 6.07) is 1.54. The van der Waals surface area contributed by atoms with E-state index in [1.165, 1.54) is 6.20 Å². The number of rotatable bonds is 6. The number of likely N-dealkylation sites (tertiary alicyclic amines) is 1. The van der Waals surface area contributed by atoms with Crippen LogP contribution in [0.1, 0.15) is 42.6 Å². The zero-order chi connectivity index (χ0) is 18.9. The van der Waals surface area contributed by atoms with Crippen LogP contribution in [0.5, 0.6) is 0 Å². The molecule has 0 spiro atoms. The summed E-state index contributed by atoms with van der Waals surface area (Å²) in [6.45, 7) is 4.76. The Morgan fingerprint density at radius 1 is 1.23 bits per heavy atom. The predicted octanol–water partition coefficient (Wildman–Crippen LogP) is 1.54. The summed E-state index contributed by atoms with van der Waals surface area (Å²) in [5, 5.41) is 2.84. The maximum atomic E-state index is 12.1. The van der Waals surface area contributed by atoms with Gasteiger partial charge < -0.3 is 19.7 Å². The SMILES string of the molecule is CCOC(=O)N1CCC(NC(=O)COC(=O)c2ccncc2CC)CC1. The summed E-state index contributed by atoms with van der Waals surface area (Å²) in [7, 11) is 0. The first-order valence-corrected chi connectivity index (χ1v) is 8.86. The van der Waals surface area contributed by atoms with Crippen LogP contribution in [0.15, 0.2) is 18.5 Å². The summed E-state index contributed by atoms with van der Waals surface area (Å²) in [5.74, 6) is -0.878. The fraction of sp³-hybridized carbons (Fsp3) is 0.556. The average molecular weight is 363 g/mol. The Labute approximate surface area is 152 Å². The van der Waals surface area contributed by atoms with Gasteiger partial charge in [-0.1, -0.05) is 6.92 Å². The summed E-state index contributed by atoms with van der Waals surface area (Å²) in [4.78, 5) is 41.4. The van der Waals surface area contributed by atoms with Gasteiger partial charge in [0.1, 0.15) is 0 Å². The van der Waals surface area contributed by atoms with Gasteiger partial charge in [0.2, 0.25) is 0 Å². The van der Waals surface area contributed by atoms with Crippen LogP contribution in [0.25, 0.3) is 0 Å². The van der Waals surface area contributed by atoms with E-state index in [0.29, 0.717) is 44.5 Å². The first-order chi connectivity index (χ1) is 12.5. The minimum absolute atomic E-state index is 0.0426. The van der Waals surface area contributed by atoms with E-state index in [2.05, 4.69) is 10.3 Å². The normalized spacial score (nSPS) is 14.6. The quantitative estimate of drug-likeness (QED) is 0.770. The number of aryl methyl sites for hydroxylation is 1. The van der Waals surface area contributed by atoms with Gasteiger partial charge in [0.05, 0.1) is 12.2 Å². The van der Waals surface area contributed by atoms with E-state index in [1.54, 1.807) is 24.1 Å². The zero-order valence-electron chi connectivity index (χ0n) is 15.2. The summed E-state index contributed by atoms with van der Waals surface area (Å²) in [6.07, 6.45) is 4.76. The van der Waals surface area contributed by atoms with Crippen LogP contribution in [0.2, 0.25) is 0 Å². The molecule has 0 radical (unpaired) electrons. The Hall–Kier alpha value is -2.64. The second-order valence-corrected chi connectivity index (χ2v) is 5.99. The highest BCUT2D eigenvalue weighted by Crippen LogP contribution is 2.12. The number of esters is 1. The van der Waals surface area contributed by atoms with E-state index in [1.807, 2.05) is 6.92 Å². The molecule has 1 aromatic rings. The molecule has 1 saturated heterocycles. The van der Waals surface area contributed by atoms with E-state index in [4.69, 9.17) is 9.47 Å². The van der Waals surface area contributed by atoms with Crippen molar-refractivity contribution in [2.45, 2.75) is 39.2 Å². The molecule has 0 unspecified atom stereocenters. The first-order valence-electron chi connectivity index (χ1n) is 8.86. The first kappa shape index (κ1) is 19.7. The Bertz CT molecular complexity index is 641. The third-order valence-electron chi connectivity index (χ3n) is 4.22. The molecule has 0 atom stereocenters. The Morgan fingerprint density at radius 2 is 1.96 bits per heavy atom. The standard InChI is InChI=1S/C18H25N3O5/c1-3-13-11-19-8-5-15(13)17(23)26-12-16(22)20-14-6-9-21(10-7-14)18(24)25-4-2/h5,8,11,14H,3-4,6-7,9-10,12H2,1-2H3,(H,20,22). The van der Waals surface area contributed by atoms with Crippen molar-refractivity contribution in [3.05, 3.63) is 29.6 Å². The van der Waals surface area contributed by atoms with E-state index in [9.17, 15) is 14.4 Å². The lowest BCUT2D eigenvalue weighted by Crippen LogP contribution is -2.47. The highest BCUT2D eigenvalue weighted by atomic mass is 16.6. The third-order valence-corrected chi connectivity index (χ3v) is 4.22. The lowest BCUT2D eigenvalue weighted by atomic mass is 10.1. The van der Waals surface area contributed by atoms with E-state index in [0.717, 1.165) is 5.56 Å². The van der Waals surface area contributed by atoms with Crippen LogP contribution < -0.4 is 5.32 Å². The van der Waals surface area contributed by atoms with Crippen molar-refractivity contribution in [3.8, 4) is 0 Å². The van der Waals surface area contributed by atoms with Gasteiger partial charge in [0, 0.05) is 31.5 Å². The molecule has 0 aliphatic carbocycles. The van der Waals surface area contributed by atoms with Crippen LogP contribution in [0.3, 0.4) is 0 Å². The second kappa shape index (κ2) is 9.74. The Morgan fingerprint density at radius 3 is 2.62 bits per heavy atom. The van der Waals surface area contributed by atoms with E-state index >= 15 is 0 Å². The molecule has 2 amide bonds. The Kier molecular flexibility index (Phi) is 7.37. The zero-order valence-corrected chi connectivity index (χ0v) is 15.2. The van der Waals surface area contributed by atoms with Crippen molar-refractivity contribution in [2.75, 3.05) is 26.3 Å². The molecule has 2 rings (SSSR count). The molecule has 0 aromatic carbocycles. The maximum Gasteiger partial charge on any atom is 0.409 e. The molecule has 1 N–H and O–H groups in total. The lowest BCUT2D eigenvalue weighted by Gasteiger charge is -2.31. The fourth-order valence-corrected chi connectivity index (χ4v) is 2.81. The van der Waals surface area contributed by atoms with Gasteiger partial charge in [-0.3, -0.25) is 9.78 Å². The number of nitrogens with one attached hydrogen (secondary N) is 1. The van der Waals surface area contributed by atoms with Gasteiger partial charge in [-0.15, -0.1) is 0 Å². The molecule has 142 valence electrons. The van der Waals surface area contributed by atoms with Crippen LogP contribution >= 0.6 is 0 Å². The topological polar surface area (TPSA) is 97.8 Å². The van der Waals surface area contributed by atoms with Gasteiger partial charge in [-0.05, 0) is 37.8 Å².